The Kier molecular flexibility index (Phi) is 16.1. The first-order chi connectivity index (χ1) is 13.8. The van der Waals surface area contributed by atoms with Crippen LogP contribution in [0.3, 0.4) is 0 Å². The Labute approximate surface area is 176 Å². The molecule has 0 spiro atoms. The van der Waals surface area contributed by atoms with Crippen molar-refractivity contribution in [3.63, 3.8) is 0 Å². The summed E-state index contributed by atoms with van der Waals surface area (Å²) >= 11 is 1.56. The second-order valence-electron chi connectivity index (χ2n) is 7.65. The highest BCUT2D eigenvalue weighted by Gasteiger charge is 2.07. The van der Waals surface area contributed by atoms with Gasteiger partial charge in [0.25, 0.3) is 0 Å². The number of amides is 1. The average Bonchev–Trinajstić information content (AvgIpc) is 3.12. The molecule has 0 atom stereocenters. The van der Waals surface area contributed by atoms with Crippen LogP contribution < -0.4 is 5.32 Å². The summed E-state index contributed by atoms with van der Waals surface area (Å²) < 4.78 is 0. The van der Waals surface area contributed by atoms with Gasteiger partial charge in [0.05, 0.1) is 0 Å². The molecule has 162 valence electrons. The Bertz CT molecular complexity index is 493. The second-order valence-corrected chi connectivity index (χ2v) is 8.88. The number of carbonyl (C=O) groups excluding carboxylic acids is 1. The van der Waals surface area contributed by atoms with Crippen LogP contribution in [0.5, 0.6) is 0 Å². The number of nitrogens with one attached hydrogen (secondary N) is 2. The lowest BCUT2D eigenvalue weighted by Gasteiger charge is -2.04. The van der Waals surface area contributed by atoms with Gasteiger partial charge in [0.15, 0.2) is 0 Å². The van der Waals surface area contributed by atoms with Gasteiger partial charge < -0.3 is 0 Å². The van der Waals surface area contributed by atoms with Crippen LogP contribution in [0.2, 0.25) is 0 Å². The van der Waals surface area contributed by atoms with E-state index in [4.69, 9.17) is 0 Å². The van der Waals surface area contributed by atoms with Crippen LogP contribution in [-0.4, -0.2) is 26.8 Å². The van der Waals surface area contributed by atoms with Crippen molar-refractivity contribution in [3.8, 4) is 0 Å². The van der Waals surface area contributed by atoms with Crippen LogP contribution in [0.15, 0.2) is 5.16 Å². The van der Waals surface area contributed by atoms with Crippen LogP contribution in [0.1, 0.15) is 117 Å². The zero-order chi connectivity index (χ0) is 20.3. The molecule has 6 heteroatoms. The van der Waals surface area contributed by atoms with Gasteiger partial charge in [0, 0.05) is 6.42 Å². The van der Waals surface area contributed by atoms with Crippen molar-refractivity contribution in [1.29, 1.82) is 0 Å². The summed E-state index contributed by atoms with van der Waals surface area (Å²) in [5.74, 6) is 1.41. The van der Waals surface area contributed by atoms with E-state index in [1.165, 1.54) is 83.5 Å². The largest absolute Gasteiger partial charge is 0.295 e. The minimum absolute atomic E-state index is 0.0268. The fraction of sp³-hybridized carbons (Fsp3) is 0.864. The third-order valence-electron chi connectivity index (χ3n) is 5.00. The van der Waals surface area contributed by atoms with Crippen molar-refractivity contribution in [2.75, 3.05) is 11.1 Å². The molecule has 2 N–H and O–H groups in total. The van der Waals surface area contributed by atoms with Crippen molar-refractivity contribution < 1.29 is 4.79 Å². The monoisotopic (exact) mass is 410 g/mol. The zero-order valence-corrected chi connectivity index (χ0v) is 19.0. The molecular formula is C22H42N4OS. The lowest BCUT2D eigenvalue weighted by Crippen LogP contribution is -2.12. The Morgan fingerprint density at radius 2 is 1.32 bits per heavy atom. The SMILES string of the molecule is CCCCCCCCCCCCCCCCCC(=O)Nc1nc(SCC)n[nH]1. The Hall–Kier alpha value is -1.04. The van der Waals surface area contributed by atoms with Crippen LogP contribution in [0.4, 0.5) is 5.95 Å². The number of carbonyl (C=O) groups is 1. The lowest BCUT2D eigenvalue weighted by molar-refractivity contribution is -0.116. The van der Waals surface area contributed by atoms with Gasteiger partial charge in [0.1, 0.15) is 0 Å². The molecule has 0 radical (unpaired) electrons. The van der Waals surface area contributed by atoms with Gasteiger partial charge in [0.2, 0.25) is 17.0 Å². The third-order valence-corrected chi connectivity index (χ3v) is 5.73. The van der Waals surface area contributed by atoms with E-state index in [1.54, 1.807) is 11.8 Å². The number of aromatic amines is 1. The van der Waals surface area contributed by atoms with Gasteiger partial charge in [-0.15, -0.1) is 5.10 Å². The van der Waals surface area contributed by atoms with Gasteiger partial charge in [-0.3, -0.25) is 10.1 Å². The van der Waals surface area contributed by atoms with E-state index in [-0.39, 0.29) is 5.91 Å². The Morgan fingerprint density at radius 1 is 0.821 bits per heavy atom. The molecule has 5 nitrogen and oxygen atoms in total. The first-order valence-corrected chi connectivity index (χ1v) is 12.6. The number of nitrogens with zero attached hydrogens (tertiary/aromatic N) is 2. The number of hydrogen-bond acceptors (Lipinski definition) is 4. The van der Waals surface area contributed by atoms with E-state index in [0.29, 0.717) is 17.5 Å². The Balaban J connectivity index is 1.82. The summed E-state index contributed by atoms with van der Waals surface area (Å²) in [7, 11) is 0. The molecule has 0 bridgehead atoms. The molecule has 0 fully saturated rings. The maximum Gasteiger partial charge on any atom is 0.226 e. The summed E-state index contributed by atoms with van der Waals surface area (Å²) in [5, 5.41) is 10.3. The van der Waals surface area contributed by atoms with Gasteiger partial charge in [-0.2, -0.15) is 4.98 Å². The van der Waals surface area contributed by atoms with Crippen LogP contribution >= 0.6 is 11.8 Å². The molecule has 0 aliphatic carbocycles. The molecular weight excluding hydrogens is 368 g/mol. The zero-order valence-electron chi connectivity index (χ0n) is 18.2. The molecule has 1 rings (SSSR count). The number of unbranched alkanes of at least 4 members (excludes halogenated alkanes) is 14. The van der Waals surface area contributed by atoms with Crippen molar-refractivity contribution in [2.24, 2.45) is 0 Å². The molecule has 1 heterocycles. The van der Waals surface area contributed by atoms with Gasteiger partial charge in [-0.25, -0.2) is 5.10 Å². The Morgan fingerprint density at radius 3 is 1.82 bits per heavy atom. The van der Waals surface area contributed by atoms with E-state index >= 15 is 0 Å². The molecule has 1 aromatic heterocycles. The van der Waals surface area contributed by atoms with Crippen molar-refractivity contribution in [2.45, 2.75) is 122 Å². The number of rotatable bonds is 19. The molecule has 1 aromatic rings. The van der Waals surface area contributed by atoms with E-state index in [9.17, 15) is 4.79 Å². The van der Waals surface area contributed by atoms with Gasteiger partial charge >= 0.3 is 0 Å². The molecule has 1 amide bonds. The number of aromatic nitrogens is 3. The van der Waals surface area contributed by atoms with Gasteiger partial charge in [-0.05, 0) is 12.2 Å². The van der Waals surface area contributed by atoms with Crippen molar-refractivity contribution >= 4 is 23.6 Å². The van der Waals surface area contributed by atoms with Crippen molar-refractivity contribution in [1.82, 2.24) is 15.2 Å². The van der Waals surface area contributed by atoms with Crippen LogP contribution in [0.25, 0.3) is 0 Å². The molecule has 0 aliphatic rings. The van der Waals surface area contributed by atoms with E-state index < -0.39 is 0 Å². The number of anilines is 1. The molecule has 0 aromatic carbocycles. The minimum Gasteiger partial charge on any atom is -0.295 e. The number of thioether (sulfide) groups is 1. The number of H-pyrrole nitrogens is 1. The fourth-order valence-corrected chi connectivity index (χ4v) is 3.87. The minimum atomic E-state index is 0.0268. The fourth-order valence-electron chi connectivity index (χ4n) is 3.35. The quantitative estimate of drug-likeness (QED) is 0.188. The number of hydrogen-bond donors (Lipinski definition) is 2. The smallest absolute Gasteiger partial charge is 0.226 e. The second kappa shape index (κ2) is 18.0. The molecule has 0 saturated heterocycles. The molecule has 0 saturated carbocycles. The van der Waals surface area contributed by atoms with Crippen molar-refractivity contribution in [3.05, 3.63) is 0 Å². The highest BCUT2D eigenvalue weighted by Crippen LogP contribution is 2.15. The van der Waals surface area contributed by atoms with Crippen LogP contribution in [0, 0.1) is 0 Å². The topological polar surface area (TPSA) is 70.7 Å². The lowest BCUT2D eigenvalue weighted by atomic mass is 10.0. The predicted molar refractivity (Wildman–Crippen MR) is 121 cm³/mol. The average molecular weight is 411 g/mol. The summed E-state index contributed by atoms with van der Waals surface area (Å²) in [6, 6.07) is 0. The molecule has 0 aliphatic heterocycles. The molecule has 28 heavy (non-hydrogen) atoms. The summed E-state index contributed by atoms with van der Waals surface area (Å²) in [6.07, 6.45) is 20.6. The maximum absolute atomic E-state index is 11.9. The third kappa shape index (κ3) is 14.0. The normalized spacial score (nSPS) is 11.1. The van der Waals surface area contributed by atoms with E-state index in [1.807, 2.05) is 0 Å². The maximum atomic E-state index is 11.9. The molecule has 0 unspecified atom stereocenters. The summed E-state index contributed by atoms with van der Waals surface area (Å²) in [5.41, 5.74) is 0. The first kappa shape index (κ1) is 25.0. The van der Waals surface area contributed by atoms with Gasteiger partial charge in [-0.1, -0.05) is 116 Å². The van der Waals surface area contributed by atoms with Crippen LogP contribution in [-0.2, 0) is 4.79 Å². The predicted octanol–water partition coefficient (Wildman–Crippen LogP) is 7.12. The standard InChI is InChI=1S/C22H42N4OS/c1-3-5-6-7-8-9-10-11-12-13-14-15-16-17-18-19-20(27)23-21-24-22(26-25-21)28-4-2/h3-19H2,1-2H3,(H2,23,24,25,26,27). The highest BCUT2D eigenvalue weighted by molar-refractivity contribution is 7.99. The van der Waals surface area contributed by atoms with E-state index in [2.05, 4.69) is 34.3 Å². The highest BCUT2D eigenvalue weighted by atomic mass is 32.2. The van der Waals surface area contributed by atoms with E-state index in [0.717, 1.165) is 18.6 Å². The summed E-state index contributed by atoms with van der Waals surface area (Å²) in [6.45, 7) is 4.33. The summed E-state index contributed by atoms with van der Waals surface area (Å²) in [4.78, 5) is 16.1. The first-order valence-electron chi connectivity index (χ1n) is 11.6.